The maximum atomic E-state index is 12.1. The van der Waals surface area contributed by atoms with Crippen molar-refractivity contribution < 1.29 is 9.53 Å². The number of hydrogen-bond acceptors (Lipinski definition) is 3. The number of aromatic nitrogens is 2. The maximum absolute atomic E-state index is 12.1. The lowest BCUT2D eigenvalue weighted by molar-refractivity contribution is -0.127. The van der Waals surface area contributed by atoms with Gasteiger partial charge >= 0.3 is 0 Å². The highest BCUT2D eigenvalue weighted by molar-refractivity contribution is 5.84. The number of imidazole rings is 1. The molecular formula is C18H19N3O2. The number of rotatable bonds is 6. The summed E-state index contributed by atoms with van der Waals surface area (Å²) in [6.07, 6.45) is 3.55. The van der Waals surface area contributed by atoms with Crippen LogP contribution in [0, 0.1) is 0 Å². The Morgan fingerprint density at radius 3 is 2.87 bits per heavy atom. The summed E-state index contributed by atoms with van der Waals surface area (Å²) >= 11 is 0. The second kappa shape index (κ2) is 6.96. The molecule has 1 atom stereocenters. The molecule has 0 spiro atoms. The highest BCUT2D eigenvalue weighted by Gasteiger charge is 2.14. The molecule has 0 saturated carbocycles. The van der Waals surface area contributed by atoms with Gasteiger partial charge in [-0.05, 0) is 29.8 Å². The van der Waals surface area contributed by atoms with E-state index < -0.39 is 6.10 Å². The second-order valence-corrected chi connectivity index (χ2v) is 5.39. The molecule has 0 unspecified atom stereocenters. The lowest BCUT2D eigenvalue weighted by Crippen LogP contribution is -2.37. The zero-order valence-corrected chi connectivity index (χ0v) is 13.0. The van der Waals surface area contributed by atoms with Gasteiger partial charge in [0.05, 0.1) is 6.33 Å². The molecule has 0 bridgehead atoms. The highest BCUT2D eigenvalue weighted by Crippen LogP contribution is 2.21. The summed E-state index contributed by atoms with van der Waals surface area (Å²) in [5.74, 6) is 0.567. The predicted molar refractivity (Wildman–Crippen MR) is 89.3 cm³/mol. The fraction of sp³-hybridized carbons (Fsp3) is 0.222. The van der Waals surface area contributed by atoms with Crippen LogP contribution in [0.3, 0.4) is 0 Å². The molecule has 3 aromatic rings. The molecule has 1 amide bonds. The van der Waals surface area contributed by atoms with Crippen LogP contribution in [0.5, 0.6) is 5.75 Å². The fourth-order valence-electron chi connectivity index (χ4n) is 2.38. The van der Waals surface area contributed by atoms with Crippen molar-refractivity contribution in [1.82, 2.24) is 15.3 Å². The summed E-state index contributed by atoms with van der Waals surface area (Å²) in [6, 6.07) is 13.9. The van der Waals surface area contributed by atoms with Gasteiger partial charge in [0.1, 0.15) is 5.75 Å². The van der Waals surface area contributed by atoms with Crippen LogP contribution in [-0.2, 0) is 11.2 Å². The third-order valence-electron chi connectivity index (χ3n) is 3.65. The predicted octanol–water partition coefficient (Wildman–Crippen LogP) is 2.69. The van der Waals surface area contributed by atoms with Gasteiger partial charge in [-0.3, -0.25) is 4.79 Å². The van der Waals surface area contributed by atoms with Crippen molar-refractivity contribution in [3.8, 4) is 5.75 Å². The molecule has 5 heteroatoms. The van der Waals surface area contributed by atoms with E-state index in [4.69, 9.17) is 4.74 Å². The van der Waals surface area contributed by atoms with Crippen LogP contribution in [0.25, 0.3) is 10.8 Å². The molecule has 3 rings (SSSR count). The minimum Gasteiger partial charge on any atom is -0.481 e. The zero-order valence-electron chi connectivity index (χ0n) is 13.0. The first-order valence-electron chi connectivity index (χ1n) is 7.63. The van der Waals surface area contributed by atoms with Gasteiger partial charge in [-0.1, -0.05) is 30.3 Å². The topological polar surface area (TPSA) is 67.0 Å². The number of benzene rings is 2. The Bertz CT molecular complexity index is 784. The smallest absolute Gasteiger partial charge is 0.260 e. The highest BCUT2D eigenvalue weighted by atomic mass is 16.5. The van der Waals surface area contributed by atoms with Crippen LogP contribution in [0.1, 0.15) is 12.6 Å². The SMILES string of the molecule is C[C@@H](Oc1ccc2ccccc2c1)C(=O)NCCc1cnc[nH]1. The van der Waals surface area contributed by atoms with E-state index in [2.05, 4.69) is 15.3 Å². The van der Waals surface area contributed by atoms with Gasteiger partial charge in [-0.2, -0.15) is 0 Å². The Balaban J connectivity index is 1.54. The average molecular weight is 309 g/mol. The molecule has 5 nitrogen and oxygen atoms in total. The van der Waals surface area contributed by atoms with Crippen LogP contribution < -0.4 is 10.1 Å². The first-order chi connectivity index (χ1) is 11.2. The van der Waals surface area contributed by atoms with Crippen molar-refractivity contribution >= 4 is 16.7 Å². The maximum Gasteiger partial charge on any atom is 0.260 e. The molecule has 118 valence electrons. The Kier molecular flexibility index (Phi) is 4.57. The first kappa shape index (κ1) is 15.1. The van der Waals surface area contributed by atoms with Crippen molar-refractivity contribution in [3.63, 3.8) is 0 Å². The summed E-state index contributed by atoms with van der Waals surface area (Å²) in [5, 5.41) is 5.11. The average Bonchev–Trinajstić information content (AvgIpc) is 3.08. The number of carbonyl (C=O) groups excluding carboxylic acids is 1. The van der Waals surface area contributed by atoms with E-state index in [1.807, 2.05) is 42.5 Å². The molecule has 0 aliphatic heterocycles. The van der Waals surface area contributed by atoms with Crippen molar-refractivity contribution in [3.05, 3.63) is 60.7 Å². The van der Waals surface area contributed by atoms with Crippen LogP contribution >= 0.6 is 0 Å². The van der Waals surface area contributed by atoms with E-state index in [1.165, 1.54) is 0 Å². The summed E-state index contributed by atoms with van der Waals surface area (Å²) < 4.78 is 5.74. The van der Waals surface area contributed by atoms with Crippen LogP contribution in [0.15, 0.2) is 55.0 Å². The fourth-order valence-corrected chi connectivity index (χ4v) is 2.38. The van der Waals surface area contributed by atoms with Gasteiger partial charge < -0.3 is 15.0 Å². The number of H-pyrrole nitrogens is 1. The van der Waals surface area contributed by atoms with E-state index in [9.17, 15) is 4.79 Å². The minimum absolute atomic E-state index is 0.127. The molecular weight excluding hydrogens is 290 g/mol. The molecule has 2 aromatic carbocycles. The molecule has 0 radical (unpaired) electrons. The summed E-state index contributed by atoms with van der Waals surface area (Å²) in [6.45, 7) is 2.30. The third-order valence-corrected chi connectivity index (χ3v) is 3.65. The third kappa shape index (κ3) is 3.88. The van der Waals surface area contributed by atoms with Gasteiger partial charge in [0.2, 0.25) is 0 Å². The summed E-state index contributed by atoms with van der Waals surface area (Å²) in [7, 11) is 0. The summed E-state index contributed by atoms with van der Waals surface area (Å²) in [4.78, 5) is 19.0. The Morgan fingerprint density at radius 1 is 1.26 bits per heavy atom. The van der Waals surface area contributed by atoms with E-state index in [0.717, 1.165) is 16.5 Å². The largest absolute Gasteiger partial charge is 0.481 e. The quantitative estimate of drug-likeness (QED) is 0.735. The molecule has 0 fully saturated rings. The number of nitrogens with one attached hydrogen (secondary N) is 2. The Morgan fingerprint density at radius 2 is 2.09 bits per heavy atom. The van der Waals surface area contributed by atoms with Gasteiger partial charge in [-0.15, -0.1) is 0 Å². The van der Waals surface area contributed by atoms with Crippen LogP contribution in [0.4, 0.5) is 0 Å². The van der Waals surface area contributed by atoms with Crippen molar-refractivity contribution in [2.75, 3.05) is 6.54 Å². The number of aromatic amines is 1. The molecule has 0 aliphatic carbocycles. The van der Waals surface area contributed by atoms with Crippen molar-refractivity contribution in [2.45, 2.75) is 19.4 Å². The monoisotopic (exact) mass is 309 g/mol. The Hall–Kier alpha value is -2.82. The number of hydrogen-bond donors (Lipinski definition) is 2. The number of carbonyl (C=O) groups is 1. The lowest BCUT2D eigenvalue weighted by Gasteiger charge is -2.15. The Labute approximate surface area is 134 Å². The lowest BCUT2D eigenvalue weighted by atomic mass is 10.1. The molecule has 23 heavy (non-hydrogen) atoms. The molecule has 0 saturated heterocycles. The number of ether oxygens (including phenoxy) is 1. The molecule has 1 aromatic heterocycles. The number of fused-ring (bicyclic) bond motifs is 1. The normalized spacial score (nSPS) is 12.0. The second-order valence-electron chi connectivity index (χ2n) is 5.39. The number of amides is 1. The number of nitrogens with zero attached hydrogens (tertiary/aromatic N) is 1. The van der Waals surface area contributed by atoms with E-state index in [1.54, 1.807) is 19.4 Å². The van der Waals surface area contributed by atoms with E-state index in [0.29, 0.717) is 18.7 Å². The zero-order chi connectivity index (χ0) is 16.1. The molecule has 1 heterocycles. The first-order valence-corrected chi connectivity index (χ1v) is 7.63. The van der Waals surface area contributed by atoms with Gasteiger partial charge in [0.25, 0.3) is 5.91 Å². The van der Waals surface area contributed by atoms with E-state index >= 15 is 0 Å². The summed E-state index contributed by atoms with van der Waals surface area (Å²) in [5.41, 5.74) is 0.994. The van der Waals surface area contributed by atoms with Crippen molar-refractivity contribution in [2.24, 2.45) is 0 Å². The van der Waals surface area contributed by atoms with Crippen LogP contribution in [-0.4, -0.2) is 28.5 Å². The van der Waals surface area contributed by atoms with Gasteiger partial charge in [0.15, 0.2) is 6.10 Å². The van der Waals surface area contributed by atoms with E-state index in [-0.39, 0.29) is 5.91 Å². The van der Waals surface area contributed by atoms with Gasteiger partial charge in [0, 0.05) is 24.9 Å². The minimum atomic E-state index is -0.544. The van der Waals surface area contributed by atoms with Crippen LogP contribution in [0.2, 0.25) is 0 Å². The van der Waals surface area contributed by atoms with Crippen molar-refractivity contribution in [1.29, 1.82) is 0 Å². The molecule has 0 aliphatic rings. The standard InChI is InChI=1S/C18H19N3O2/c1-13(18(22)20-9-8-16-11-19-12-21-16)23-17-7-6-14-4-2-3-5-15(14)10-17/h2-7,10-13H,8-9H2,1H3,(H,19,21)(H,20,22)/t13-/m1/s1. The van der Waals surface area contributed by atoms with Gasteiger partial charge in [-0.25, -0.2) is 4.98 Å². The molecule has 2 N–H and O–H groups in total.